The lowest BCUT2D eigenvalue weighted by atomic mass is 10.2. The highest BCUT2D eigenvalue weighted by atomic mass is 35.5. The molecule has 152 valence electrons. The second-order valence-corrected chi connectivity index (χ2v) is 7.75. The number of nitrogens with zero attached hydrogens (tertiary/aromatic N) is 1. The number of para-hydroxylation sites is 1. The van der Waals surface area contributed by atoms with Crippen molar-refractivity contribution in [2.24, 2.45) is 0 Å². The van der Waals surface area contributed by atoms with Crippen molar-refractivity contribution in [1.82, 2.24) is 5.32 Å². The van der Waals surface area contributed by atoms with Gasteiger partial charge in [0.25, 0.3) is 5.91 Å². The Balaban J connectivity index is 1.83. The molecule has 0 fully saturated rings. The molecule has 0 saturated heterocycles. The third-order valence-electron chi connectivity index (χ3n) is 4.27. The molecule has 2 aromatic rings. The van der Waals surface area contributed by atoms with Gasteiger partial charge in [-0.25, -0.2) is 0 Å². The van der Waals surface area contributed by atoms with E-state index in [0.29, 0.717) is 15.6 Å². The molecule has 2 aromatic carbocycles. The molecule has 0 atom stereocenters. The van der Waals surface area contributed by atoms with Crippen LogP contribution in [-0.4, -0.2) is 45.4 Å². The number of nitrogens with one attached hydrogen (secondary N) is 1. The number of rotatable bonds is 7. The minimum atomic E-state index is -0.544. The molecule has 1 aliphatic heterocycles. The summed E-state index contributed by atoms with van der Waals surface area (Å²) in [5, 5.41) is 3.32. The second kappa shape index (κ2) is 9.93. The Morgan fingerprint density at radius 3 is 2.69 bits per heavy atom. The summed E-state index contributed by atoms with van der Waals surface area (Å²) in [6.07, 6.45) is 1.24. The summed E-state index contributed by atoms with van der Waals surface area (Å²) in [4.78, 5) is 28.5. The average molecular weight is 433 g/mol. The number of anilines is 1. The van der Waals surface area contributed by atoms with Crippen molar-refractivity contribution in [3.63, 3.8) is 0 Å². The first-order chi connectivity index (χ1) is 14.0. The van der Waals surface area contributed by atoms with Gasteiger partial charge in [-0.3, -0.25) is 14.5 Å². The van der Waals surface area contributed by atoms with Crippen LogP contribution in [-0.2, 0) is 19.1 Å². The molecule has 0 aliphatic carbocycles. The van der Waals surface area contributed by atoms with Gasteiger partial charge in [-0.05, 0) is 35.9 Å². The van der Waals surface area contributed by atoms with Gasteiger partial charge < -0.3 is 14.8 Å². The Hall–Kier alpha value is -2.32. The largest absolute Gasteiger partial charge is 0.354 e. The fourth-order valence-corrected chi connectivity index (χ4v) is 4.08. The molecule has 1 N–H and O–H groups in total. The monoisotopic (exact) mass is 432 g/mol. The summed E-state index contributed by atoms with van der Waals surface area (Å²) in [5.74, 6) is -0.542. The molecule has 0 bridgehead atoms. The first-order valence-electron chi connectivity index (χ1n) is 8.90. The lowest BCUT2D eigenvalue weighted by Crippen LogP contribution is -2.44. The molecule has 2 amide bonds. The van der Waals surface area contributed by atoms with Crippen LogP contribution < -0.4 is 10.2 Å². The minimum Gasteiger partial charge on any atom is -0.354 e. The fraction of sp³-hybridized carbons (Fsp3) is 0.238. The summed E-state index contributed by atoms with van der Waals surface area (Å²) >= 11 is 7.43. The third-order valence-corrected chi connectivity index (χ3v) is 5.58. The number of thioether (sulfide) groups is 1. The standard InChI is InChI=1S/C21H21ClN2O4S/c1-27-20(28-2)12-23-19(25)13-24-16-8-3-4-9-17(16)29-18(21(24)26)11-14-6-5-7-15(22)10-14/h3-11,20H,12-13H2,1-2H3,(H,23,25)/b18-11+. The molecule has 8 heteroatoms. The predicted octanol–water partition coefficient (Wildman–Crippen LogP) is 3.55. The van der Waals surface area contributed by atoms with Gasteiger partial charge >= 0.3 is 0 Å². The van der Waals surface area contributed by atoms with Crippen LogP contribution in [0.3, 0.4) is 0 Å². The molecule has 0 radical (unpaired) electrons. The van der Waals surface area contributed by atoms with E-state index in [0.717, 1.165) is 10.5 Å². The highest BCUT2D eigenvalue weighted by Crippen LogP contribution is 2.41. The number of halogens is 1. The van der Waals surface area contributed by atoms with E-state index in [1.54, 1.807) is 18.2 Å². The average Bonchev–Trinajstić information content (AvgIpc) is 2.72. The predicted molar refractivity (Wildman–Crippen MR) is 115 cm³/mol. The number of hydrogen-bond donors (Lipinski definition) is 1. The number of ether oxygens (including phenoxy) is 2. The molecule has 3 rings (SSSR count). The van der Waals surface area contributed by atoms with E-state index in [4.69, 9.17) is 21.1 Å². The maximum Gasteiger partial charge on any atom is 0.265 e. The van der Waals surface area contributed by atoms with E-state index < -0.39 is 6.29 Å². The molecule has 29 heavy (non-hydrogen) atoms. The molecule has 0 aromatic heterocycles. The number of benzene rings is 2. The summed E-state index contributed by atoms with van der Waals surface area (Å²) in [6.45, 7) is 0.0823. The number of fused-ring (bicyclic) bond motifs is 1. The molecule has 6 nitrogen and oxygen atoms in total. The Morgan fingerprint density at radius 1 is 1.21 bits per heavy atom. The zero-order valence-corrected chi connectivity index (χ0v) is 17.6. The van der Waals surface area contributed by atoms with Gasteiger partial charge in [-0.1, -0.05) is 47.6 Å². The first kappa shape index (κ1) is 21.4. The van der Waals surface area contributed by atoms with Crippen LogP contribution in [0.5, 0.6) is 0 Å². The number of carbonyl (C=O) groups excluding carboxylic acids is 2. The normalized spacial score (nSPS) is 15.0. The Kier molecular flexibility index (Phi) is 7.33. The number of hydrogen-bond acceptors (Lipinski definition) is 5. The summed E-state index contributed by atoms with van der Waals surface area (Å²) in [5.41, 5.74) is 1.52. The van der Waals surface area contributed by atoms with Gasteiger partial charge in [0.2, 0.25) is 5.91 Å². The van der Waals surface area contributed by atoms with Crippen molar-refractivity contribution in [2.75, 3.05) is 32.2 Å². The van der Waals surface area contributed by atoms with Gasteiger partial charge in [-0.15, -0.1) is 0 Å². The highest BCUT2D eigenvalue weighted by molar-refractivity contribution is 8.04. The molecule has 0 spiro atoms. The molecule has 0 unspecified atom stereocenters. The van der Waals surface area contributed by atoms with E-state index in [1.807, 2.05) is 36.4 Å². The third kappa shape index (κ3) is 5.39. The quantitative estimate of drug-likeness (QED) is 0.535. The van der Waals surface area contributed by atoms with Crippen LogP contribution >= 0.6 is 23.4 Å². The van der Waals surface area contributed by atoms with Crippen molar-refractivity contribution in [3.05, 3.63) is 64.0 Å². The van der Waals surface area contributed by atoms with E-state index >= 15 is 0 Å². The van der Waals surface area contributed by atoms with Crippen LogP contribution in [0, 0.1) is 0 Å². The minimum absolute atomic E-state index is 0.108. The van der Waals surface area contributed by atoms with E-state index in [-0.39, 0.29) is 24.9 Å². The summed E-state index contributed by atoms with van der Waals surface area (Å²) in [6, 6.07) is 14.8. The number of carbonyl (C=O) groups is 2. The smallest absolute Gasteiger partial charge is 0.265 e. The first-order valence-corrected chi connectivity index (χ1v) is 10.1. The van der Waals surface area contributed by atoms with Crippen LogP contribution in [0.4, 0.5) is 5.69 Å². The summed E-state index contributed by atoms with van der Waals surface area (Å²) in [7, 11) is 2.99. The topological polar surface area (TPSA) is 67.9 Å². The van der Waals surface area contributed by atoms with E-state index in [1.165, 1.54) is 30.9 Å². The maximum atomic E-state index is 13.1. The van der Waals surface area contributed by atoms with E-state index in [2.05, 4.69) is 5.32 Å². The fourth-order valence-electron chi connectivity index (χ4n) is 2.83. The van der Waals surface area contributed by atoms with Crippen molar-refractivity contribution < 1.29 is 19.1 Å². The number of methoxy groups -OCH3 is 2. The SMILES string of the molecule is COC(CNC(=O)CN1C(=O)/C(=C\c2cccc(Cl)c2)Sc2ccccc21)OC. The number of amides is 2. The van der Waals surface area contributed by atoms with Crippen molar-refractivity contribution in [3.8, 4) is 0 Å². The lowest BCUT2D eigenvalue weighted by molar-refractivity contribution is -0.127. The summed E-state index contributed by atoms with van der Waals surface area (Å²) < 4.78 is 10.1. The lowest BCUT2D eigenvalue weighted by Gasteiger charge is -2.30. The van der Waals surface area contributed by atoms with Crippen molar-refractivity contribution in [2.45, 2.75) is 11.2 Å². The van der Waals surface area contributed by atoms with Crippen LogP contribution in [0.25, 0.3) is 6.08 Å². The molecule has 1 heterocycles. The van der Waals surface area contributed by atoms with Gasteiger partial charge in [0.15, 0.2) is 6.29 Å². The zero-order valence-electron chi connectivity index (χ0n) is 16.1. The zero-order chi connectivity index (χ0) is 20.8. The van der Waals surface area contributed by atoms with Crippen molar-refractivity contribution in [1.29, 1.82) is 0 Å². The van der Waals surface area contributed by atoms with Crippen molar-refractivity contribution >= 4 is 46.9 Å². The van der Waals surface area contributed by atoms with Gasteiger partial charge in [-0.2, -0.15) is 0 Å². The van der Waals surface area contributed by atoms with Crippen LogP contribution in [0.1, 0.15) is 5.56 Å². The molecular weight excluding hydrogens is 412 g/mol. The Bertz CT molecular complexity index is 930. The Morgan fingerprint density at radius 2 is 1.97 bits per heavy atom. The second-order valence-electron chi connectivity index (χ2n) is 6.23. The van der Waals surface area contributed by atoms with Crippen LogP contribution in [0.2, 0.25) is 5.02 Å². The van der Waals surface area contributed by atoms with E-state index in [9.17, 15) is 9.59 Å². The van der Waals surface area contributed by atoms with Gasteiger partial charge in [0.05, 0.1) is 17.1 Å². The molecule has 0 saturated carbocycles. The molecular formula is C21H21ClN2O4S. The van der Waals surface area contributed by atoms with Gasteiger partial charge in [0.1, 0.15) is 6.54 Å². The Labute approximate surface area is 178 Å². The maximum absolute atomic E-state index is 13.1. The van der Waals surface area contributed by atoms with Crippen LogP contribution in [0.15, 0.2) is 58.3 Å². The van der Waals surface area contributed by atoms with Gasteiger partial charge in [0, 0.05) is 24.1 Å². The molecule has 1 aliphatic rings. The highest BCUT2D eigenvalue weighted by Gasteiger charge is 2.30.